The summed E-state index contributed by atoms with van der Waals surface area (Å²) in [6.07, 6.45) is 3.76. The van der Waals surface area contributed by atoms with Crippen LogP contribution in [-0.4, -0.2) is 29.2 Å². The maximum Gasteiger partial charge on any atom is 0.303 e. The summed E-state index contributed by atoms with van der Waals surface area (Å²) in [7, 11) is 0. The van der Waals surface area contributed by atoms with E-state index in [-0.39, 0.29) is 30.1 Å². The quantitative estimate of drug-likeness (QED) is 0.302. The highest BCUT2D eigenvalue weighted by Crippen LogP contribution is 2.46. The SMILES string of the molecule is N#Cc1ccc(N2N=C3c4ccc(C(=O)NCCCCCC(=O)O)cc4CC[C@@H]3[C@@H]2c2ccc(F)cc2)cc1Cl. The molecule has 1 amide bonds. The normalized spacial score (nSPS) is 17.4. The van der Waals surface area contributed by atoms with Crippen LogP contribution in [0.4, 0.5) is 10.1 Å². The minimum absolute atomic E-state index is 0.0397. The van der Waals surface area contributed by atoms with Crippen molar-refractivity contribution in [1.82, 2.24) is 5.32 Å². The Labute approximate surface area is 236 Å². The van der Waals surface area contributed by atoms with Gasteiger partial charge in [-0.1, -0.05) is 36.2 Å². The van der Waals surface area contributed by atoms with Crippen LogP contribution in [-0.2, 0) is 11.2 Å². The fraction of sp³-hybridized carbons (Fsp3) is 0.290. The van der Waals surface area contributed by atoms with E-state index in [1.54, 1.807) is 30.3 Å². The van der Waals surface area contributed by atoms with E-state index in [4.69, 9.17) is 21.8 Å². The highest BCUT2D eigenvalue weighted by Gasteiger charge is 2.42. The number of nitrogens with one attached hydrogen (secondary N) is 1. The van der Waals surface area contributed by atoms with Gasteiger partial charge in [0.1, 0.15) is 11.9 Å². The van der Waals surface area contributed by atoms with Gasteiger partial charge in [-0.25, -0.2) is 4.39 Å². The predicted octanol–water partition coefficient (Wildman–Crippen LogP) is 6.25. The summed E-state index contributed by atoms with van der Waals surface area (Å²) in [6.45, 7) is 0.492. The van der Waals surface area contributed by atoms with Crippen molar-refractivity contribution < 1.29 is 19.1 Å². The molecule has 1 aliphatic carbocycles. The highest BCUT2D eigenvalue weighted by atomic mass is 35.5. The molecule has 0 unspecified atom stereocenters. The molecular weight excluding hydrogens is 531 g/mol. The first-order valence-electron chi connectivity index (χ1n) is 13.3. The minimum Gasteiger partial charge on any atom is -0.481 e. The number of carboxylic acid groups (broad SMARTS) is 1. The lowest BCUT2D eigenvalue weighted by molar-refractivity contribution is -0.137. The van der Waals surface area contributed by atoms with Gasteiger partial charge in [-0.15, -0.1) is 0 Å². The summed E-state index contributed by atoms with van der Waals surface area (Å²) in [4.78, 5) is 23.4. The number of fused-ring (bicyclic) bond motifs is 3. The van der Waals surface area contributed by atoms with E-state index in [0.29, 0.717) is 29.1 Å². The lowest BCUT2D eigenvalue weighted by atomic mass is 9.77. The van der Waals surface area contributed by atoms with Gasteiger partial charge in [-0.3, -0.25) is 14.6 Å². The van der Waals surface area contributed by atoms with Crippen molar-refractivity contribution in [2.24, 2.45) is 11.0 Å². The number of hydrazone groups is 1. The maximum atomic E-state index is 13.8. The number of hydrogen-bond donors (Lipinski definition) is 2. The third kappa shape index (κ3) is 5.70. The number of nitriles is 1. The van der Waals surface area contributed by atoms with Crippen LogP contribution in [0.1, 0.15) is 70.8 Å². The molecule has 2 atom stereocenters. The Kier molecular flexibility index (Phi) is 8.13. The van der Waals surface area contributed by atoms with E-state index in [9.17, 15) is 19.2 Å². The number of carbonyl (C=O) groups excluding carboxylic acids is 1. The van der Waals surface area contributed by atoms with Crippen molar-refractivity contribution in [3.8, 4) is 6.07 Å². The molecule has 0 fully saturated rings. The molecule has 1 heterocycles. The smallest absolute Gasteiger partial charge is 0.303 e. The number of rotatable bonds is 9. The number of aliphatic carboxylic acids is 1. The molecule has 3 aromatic carbocycles. The molecule has 0 bridgehead atoms. The first-order valence-corrected chi connectivity index (χ1v) is 13.7. The molecule has 0 saturated heterocycles. The number of carbonyl (C=O) groups is 2. The highest BCUT2D eigenvalue weighted by molar-refractivity contribution is 6.32. The van der Waals surface area contributed by atoms with Crippen molar-refractivity contribution >= 4 is 34.9 Å². The maximum absolute atomic E-state index is 13.8. The Morgan fingerprint density at radius 2 is 1.90 bits per heavy atom. The third-order valence-electron chi connectivity index (χ3n) is 7.48. The molecule has 0 spiro atoms. The van der Waals surface area contributed by atoms with Gasteiger partial charge < -0.3 is 10.4 Å². The number of benzene rings is 3. The number of unbranched alkanes of at least 4 members (excludes halogenated alkanes) is 2. The van der Waals surface area contributed by atoms with Gasteiger partial charge in [0.05, 0.1) is 28.0 Å². The van der Waals surface area contributed by atoms with Crippen LogP contribution < -0.4 is 10.3 Å². The fourth-order valence-corrected chi connectivity index (χ4v) is 5.71. The minimum atomic E-state index is -0.806. The van der Waals surface area contributed by atoms with Gasteiger partial charge in [0.2, 0.25) is 0 Å². The Morgan fingerprint density at radius 3 is 2.62 bits per heavy atom. The number of amides is 1. The molecule has 1 aliphatic heterocycles. The lowest BCUT2D eigenvalue weighted by Gasteiger charge is -2.31. The van der Waals surface area contributed by atoms with Crippen molar-refractivity contribution in [2.75, 3.05) is 11.6 Å². The van der Waals surface area contributed by atoms with Gasteiger partial charge in [-0.2, -0.15) is 10.4 Å². The Balaban J connectivity index is 1.39. The number of nitrogens with zero attached hydrogens (tertiary/aromatic N) is 3. The number of carboxylic acids is 1. The van der Waals surface area contributed by atoms with Gasteiger partial charge in [-0.05, 0) is 79.3 Å². The largest absolute Gasteiger partial charge is 0.481 e. The summed E-state index contributed by atoms with van der Waals surface area (Å²) in [5, 5.41) is 28.2. The fourth-order valence-electron chi connectivity index (χ4n) is 5.49. The summed E-state index contributed by atoms with van der Waals surface area (Å²) in [5.74, 6) is -1.23. The standard InChI is InChI=1S/C31H28ClFN4O3/c32-27-17-24(12-7-22(27)18-34)37-30(19-5-10-23(33)11-6-19)26-14-8-20-16-21(9-13-25(20)29(26)36-37)31(40)35-15-3-1-2-4-28(38)39/h5-7,9-13,16-17,26,30H,1-4,8,14-15H2,(H,35,40)(H,38,39)/t26-,30-/m0/s1. The van der Waals surface area contributed by atoms with Crippen LogP contribution in [0.2, 0.25) is 5.02 Å². The average Bonchev–Trinajstić information content (AvgIpc) is 3.34. The van der Waals surface area contributed by atoms with Crippen molar-refractivity contribution in [1.29, 1.82) is 5.26 Å². The molecule has 9 heteroatoms. The summed E-state index contributed by atoms with van der Waals surface area (Å²) in [5.41, 5.74) is 5.55. The van der Waals surface area contributed by atoms with Crippen LogP contribution >= 0.6 is 11.6 Å². The first-order chi connectivity index (χ1) is 19.4. The second-order valence-electron chi connectivity index (χ2n) is 10.1. The molecule has 7 nitrogen and oxygen atoms in total. The Bertz CT molecular complexity index is 1520. The number of aryl methyl sites for hydroxylation is 1. The topological polar surface area (TPSA) is 106 Å². The molecule has 40 heavy (non-hydrogen) atoms. The van der Waals surface area contributed by atoms with Crippen LogP contribution in [0, 0.1) is 23.1 Å². The van der Waals surface area contributed by atoms with E-state index < -0.39 is 5.97 Å². The van der Waals surface area contributed by atoms with Gasteiger partial charge >= 0.3 is 5.97 Å². The van der Waals surface area contributed by atoms with E-state index >= 15 is 0 Å². The zero-order valence-electron chi connectivity index (χ0n) is 21.7. The molecule has 2 aliphatic rings. The van der Waals surface area contributed by atoms with E-state index in [2.05, 4.69) is 11.4 Å². The van der Waals surface area contributed by atoms with Gasteiger partial charge in [0, 0.05) is 30.0 Å². The molecule has 204 valence electrons. The Morgan fingerprint density at radius 1 is 1.10 bits per heavy atom. The van der Waals surface area contributed by atoms with Crippen LogP contribution in [0.5, 0.6) is 0 Å². The molecule has 2 N–H and O–H groups in total. The lowest BCUT2D eigenvalue weighted by Crippen LogP contribution is -2.29. The monoisotopic (exact) mass is 558 g/mol. The Hall–Kier alpha value is -4.22. The summed E-state index contributed by atoms with van der Waals surface area (Å²) >= 11 is 6.37. The molecule has 3 aromatic rings. The number of halogens is 2. The van der Waals surface area contributed by atoms with Crippen molar-refractivity contribution in [3.63, 3.8) is 0 Å². The molecular formula is C31H28ClFN4O3. The second-order valence-corrected chi connectivity index (χ2v) is 10.5. The third-order valence-corrected chi connectivity index (χ3v) is 7.79. The van der Waals surface area contributed by atoms with Crippen LogP contribution in [0.3, 0.4) is 0 Å². The molecule has 5 rings (SSSR count). The summed E-state index contributed by atoms with van der Waals surface area (Å²) < 4.78 is 13.8. The predicted molar refractivity (Wildman–Crippen MR) is 151 cm³/mol. The van der Waals surface area contributed by atoms with Crippen LogP contribution in [0.25, 0.3) is 0 Å². The van der Waals surface area contributed by atoms with E-state index in [1.165, 1.54) is 12.1 Å². The second kappa shape index (κ2) is 11.9. The van der Waals surface area contributed by atoms with Crippen molar-refractivity contribution in [3.05, 3.63) is 99.3 Å². The van der Waals surface area contributed by atoms with E-state index in [0.717, 1.165) is 53.8 Å². The molecule has 0 radical (unpaired) electrons. The summed E-state index contributed by atoms with van der Waals surface area (Å²) in [6, 6.07) is 19.2. The van der Waals surface area contributed by atoms with Crippen LogP contribution in [0.15, 0.2) is 65.8 Å². The first kappa shape index (κ1) is 27.4. The number of anilines is 1. The van der Waals surface area contributed by atoms with Gasteiger partial charge in [0.15, 0.2) is 0 Å². The van der Waals surface area contributed by atoms with Crippen molar-refractivity contribution in [2.45, 2.75) is 44.6 Å². The zero-order valence-corrected chi connectivity index (χ0v) is 22.5. The van der Waals surface area contributed by atoms with Gasteiger partial charge in [0.25, 0.3) is 5.91 Å². The van der Waals surface area contributed by atoms with E-state index in [1.807, 2.05) is 23.2 Å². The molecule has 0 aromatic heterocycles. The average molecular weight is 559 g/mol. The molecule has 0 saturated carbocycles. The zero-order chi connectivity index (χ0) is 28.2. The number of hydrogen-bond acceptors (Lipinski definition) is 5.